The van der Waals surface area contributed by atoms with Crippen LogP contribution in [0.25, 0.3) is 0 Å². The zero-order valence-electron chi connectivity index (χ0n) is 40.7. The molecule has 0 fully saturated rings. The van der Waals surface area contributed by atoms with Crippen LogP contribution in [-0.4, -0.2) is 86.8 Å². The number of nitrogens with two attached hydrogens (primary N) is 5. The van der Waals surface area contributed by atoms with Gasteiger partial charge < -0.3 is 65.3 Å². The molecular weight excluding hydrogens is 875 g/mol. The Kier molecular flexibility index (Phi) is 22.4. The molecule has 0 saturated carbocycles. The van der Waals surface area contributed by atoms with Gasteiger partial charge in [-0.3, -0.25) is 19.2 Å². The molecule has 0 spiro atoms. The van der Waals surface area contributed by atoms with E-state index in [4.69, 9.17) is 33.4 Å². The summed E-state index contributed by atoms with van der Waals surface area (Å²) in [6, 6.07) is 10.8. The molecule has 18 heteroatoms. The van der Waals surface area contributed by atoms with Gasteiger partial charge in [-0.25, -0.2) is 0 Å². The van der Waals surface area contributed by atoms with Crippen LogP contribution in [0.4, 0.5) is 22.7 Å². The van der Waals surface area contributed by atoms with E-state index in [0.717, 1.165) is 11.1 Å². The van der Waals surface area contributed by atoms with Crippen molar-refractivity contribution >= 4 is 69.9 Å². The molecule has 0 radical (unpaired) electrons. The van der Waals surface area contributed by atoms with Crippen LogP contribution < -0.4 is 65.3 Å². The maximum absolute atomic E-state index is 14.5. The molecule has 3 aromatic rings. The molecule has 3 aromatic carbocycles. The second kappa shape index (κ2) is 26.3. The molecule has 0 aromatic heterocycles. The van der Waals surface area contributed by atoms with Crippen LogP contribution in [0.1, 0.15) is 114 Å². The van der Waals surface area contributed by atoms with Gasteiger partial charge in [0, 0.05) is 55.6 Å². The topological polar surface area (TPSA) is 280 Å². The van der Waals surface area contributed by atoms with Crippen LogP contribution in [0.15, 0.2) is 52.3 Å². The van der Waals surface area contributed by atoms with Crippen molar-refractivity contribution in [2.75, 3.05) is 72.4 Å². The van der Waals surface area contributed by atoms with Crippen LogP contribution in [-0.2, 0) is 20.4 Å². The number of hydrogen-bond acceptors (Lipinski definition) is 14. The van der Waals surface area contributed by atoms with Crippen molar-refractivity contribution in [2.45, 2.75) is 115 Å². The van der Waals surface area contributed by atoms with Gasteiger partial charge in [-0.2, -0.15) is 0 Å². The van der Waals surface area contributed by atoms with Gasteiger partial charge in [-0.1, -0.05) is 69.2 Å². The maximum atomic E-state index is 14.5. The summed E-state index contributed by atoms with van der Waals surface area (Å²) < 4.78 is 5.94. The average molecular weight is 952 g/mol. The maximum Gasteiger partial charge on any atom is 0.255 e. The zero-order valence-corrected chi connectivity index (χ0v) is 42.3. The number of benzene rings is 3. The molecule has 2 atom stereocenters. The Morgan fingerprint density at radius 1 is 0.576 bits per heavy atom. The summed E-state index contributed by atoms with van der Waals surface area (Å²) >= 11 is 2.89. The number of thioether (sulfide) groups is 2. The molecule has 16 nitrogen and oxygen atoms in total. The molecule has 0 aliphatic heterocycles. The Bertz CT molecular complexity index is 1960. The van der Waals surface area contributed by atoms with Crippen molar-refractivity contribution in [3.05, 3.63) is 64.7 Å². The van der Waals surface area contributed by atoms with E-state index in [1.807, 2.05) is 93.5 Å². The van der Waals surface area contributed by atoms with Gasteiger partial charge in [0.2, 0.25) is 11.8 Å². The summed E-state index contributed by atoms with van der Waals surface area (Å²) in [4.78, 5) is 57.3. The standard InChI is InChI=1S/C48H77N11O5S2/c1-28(2)17-35(52)45(62)58-39-24-32(47(5,6)7)22-37(41(39)65-15-12-54-26-50)56-43(60)30-19-31(21-34(20-30)64-14-11-49)44(61)57-38-23-33(48(8,9)10)25-40(42(38)66-16-13-55-27-51)59-46(63)36(53)18-29(3)4/h19-25,28-29,35-36,54-55H,11-18,26-27,49-53H2,1-10H3,(H,56,60)(H,57,61)(H,58,62)(H,59,63)/t35-,36-/m1/s1. The highest BCUT2D eigenvalue weighted by Gasteiger charge is 2.27. The van der Waals surface area contributed by atoms with Gasteiger partial charge in [0.05, 0.1) is 44.6 Å². The minimum atomic E-state index is -0.740. The van der Waals surface area contributed by atoms with E-state index in [-0.39, 0.29) is 64.5 Å². The first-order chi connectivity index (χ1) is 31.0. The van der Waals surface area contributed by atoms with Gasteiger partial charge >= 0.3 is 0 Å². The van der Waals surface area contributed by atoms with Crippen LogP contribution in [0, 0.1) is 11.8 Å². The zero-order chi connectivity index (χ0) is 49.4. The van der Waals surface area contributed by atoms with E-state index < -0.39 is 23.9 Å². The molecule has 0 unspecified atom stereocenters. The Labute approximate surface area is 400 Å². The highest BCUT2D eigenvalue weighted by molar-refractivity contribution is 7.99. The molecule has 4 amide bonds. The summed E-state index contributed by atoms with van der Waals surface area (Å²) in [6.45, 7) is 22.3. The van der Waals surface area contributed by atoms with Crippen molar-refractivity contribution in [3.63, 3.8) is 0 Å². The third-order valence-electron chi connectivity index (χ3n) is 10.2. The summed E-state index contributed by atoms with van der Waals surface area (Å²) in [5.41, 5.74) is 33.1. The quantitative estimate of drug-likeness (QED) is 0.0266. The van der Waals surface area contributed by atoms with Crippen molar-refractivity contribution in [2.24, 2.45) is 40.5 Å². The van der Waals surface area contributed by atoms with Crippen LogP contribution in [0.3, 0.4) is 0 Å². The van der Waals surface area contributed by atoms with E-state index in [2.05, 4.69) is 31.9 Å². The molecule has 66 heavy (non-hydrogen) atoms. The Morgan fingerprint density at radius 3 is 1.26 bits per heavy atom. The lowest BCUT2D eigenvalue weighted by Gasteiger charge is -2.25. The first kappa shape index (κ1) is 56.1. The van der Waals surface area contributed by atoms with Crippen molar-refractivity contribution in [3.8, 4) is 5.75 Å². The minimum Gasteiger partial charge on any atom is -0.492 e. The number of nitrogens with one attached hydrogen (secondary N) is 6. The summed E-state index contributed by atoms with van der Waals surface area (Å²) in [7, 11) is 0. The van der Waals surface area contributed by atoms with Crippen LogP contribution in [0.2, 0.25) is 0 Å². The number of carbonyl (C=O) groups is 4. The second-order valence-electron chi connectivity index (χ2n) is 19.1. The average Bonchev–Trinajstić information content (AvgIpc) is 3.22. The second-order valence-corrected chi connectivity index (χ2v) is 21.4. The largest absolute Gasteiger partial charge is 0.492 e. The lowest BCUT2D eigenvalue weighted by atomic mass is 9.86. The molecule has 16 N–H and O–H groups in total. The fraction of sp³-hybridized carbons (Fsp3) is 0.542. The predicted octanol–water partition coefficient (Wildman–Crippen LogP) is 5.94. The summed E-state index contributed by atoms with van der Waals surface area (Å²) in [5.74, 6) is 0.0943. The van der Waals surface area contributed by atoms with Gasteiger partial charge in [0.25, 0.3) is 11.8 Å². The number of hydrogen-bond donors (Lipinski definition) is 11. The van der Waals surface area contributed by atoms with Crippen LogP contribution in [0.5, 0.6) is 5.75 Å². The molecule has 0 saturated heterocycles. The number of rotatable bonds is 25. The molecular formula is C48H77N11O5S2. The SMILES string of the molecule is CC(C)C[C@@H](N)C(=O)Nc1cc(C(C)(C)C)cc(NC(=O)c2cc(OCCN)cc(C(=O)Nc3cc(C(C)(C)C)cc(NC(=O)[C@H](N)CC(C)C)c3SCCNCN)c2)c1SCCNCN. The predicted molar refractivity (Wildman–Crippen MR) is 275 cm³/mol. The van der Waals surface area contributed by atoms with E-state index >= 15 is 0 Å². The minimum absolute atomic E-state index is 0.132. The molecule has 0 aliphatic rings. The highest BCUT2D eigenvalue weighted by Crippen LogP contribution is 2.41. The number of anilines is 4. The van der Waals surface area contributed by atoms with Crippen molar-refractivity contribution in [1.29, 1.82) is 0 Å². The first-order valence-corrected chi connectivity index (χ1v) is 24.6. The normalized spacial score (nSPS) is 12.8. The summed E-state index contributed by atoms with van der Waals surface area (Å²) in [5, 5.41) is 18.6. The van der Waals surface area contributed by atoms with Gasteiger partial charge in [-0.15, -0.1) is 23.5 Å². The highest BCUT2D eigenvalue weighted by atomic mass is 32.2. The monoisotopic (exact) mass is 952 g/mol. The van der Waals surface area contributed by atoms with Gasteiger partial charge in [0.1, 0.15) is 12.4 Å². The molecule has 366 valence electrons. The lowest BCUT2D eigenvalue weighted by Crippen LogP contribution is -2.37. The van der Waals surface area contributed by atoms with Gasteiger partial charge in [0.15, 0.2) is 0 Å². The Hall–Kier alpha value is -4.24. The molecule has 0 heterocycles. The van der Waals surface area contributed by atoms with Crippen molar-refractivity contribution < 1.29 is 23.9 Å². The van der Waals surface area contributed by atoms with E-state index in [9.17, 15) is 19.2 Å². The fourth-order valence-corrected chi connectivity index (χ4v) is 8.61. The fourth-order valence-electron chi connectivity index (χ4n) is 6.65. The van der Waals surface area contributed by atoms with E-state index in [1.54, 1.807) is 12.1 Å². The van der Waals surface area contributed by atoms with Crippen LogP contribution >= 0.6 is 23.5 Å². The smallest absolute Gasteiger partial charge is 0.255 e. The van der Waals surface area contributed by atoms with E-state index in [0.29, 0.717) is 83.3 Å². The Morgan fingerprint density at radius 2 is 0.939 bits per heavy atom. The lowest BCUT2D eigenvalue weighted by molar-refractivity contribution is -0.118. The number of amides is 4. The molecule has 0 bridgehead atoms. The first-order valence-electron chi connectivity index (χ1n) is 22.7. The Balaban J connectivity index is 2.19. The molecule has 3 rings (SSSR count). The van der Waals surface area contributed by atoms with Gasteiger partial charge in [-0.05, 0) is 89.1 Å². The van der Waals surface area contributed by atoms with E-state index in [1.165, 1.54) is 29.6 Å². The third-order valence-corrected chi connectivity index (χ3v) is 12.5. The van der Waals surface area contributed by atoms with Crippen molar-refractivity contribution in [1.82, 2.24) is 10.6 Å². The summed E-state index contributed by atoms with van der Waals surface area (Å²) in [6.07, 6.45) is 0.990. The number of carbonyl (C=O) groups excluding carboxylic acids is 4. The number of ether oxygens (including phenoxy) is 1. The molecule has 0 aliphatic carbocycles. The third kappa shape index (κ3) is 17.8.